The second-order valence-corrected chi connectivity index (χ2v) is 4.53. The van der Waals surface area contributed by atoms with E-state index < -0.39 is 5.97 Å². The summed E-state index contributed by atoms with van der Waals surface area (Å²) < 4.78 is 10.8. The zero-order valence-electron chi connectivity index (χ0n) is 12.4. The lowest BCUT2D eigenvalue weighted by Crippen LogP contribution is -2.07. The van der Waals surface area contributed by atoms with Crippen molar-refractivity contribution in [3.63, 3.8) is 0 Å². The van der Waals surface area contributed by atoms with Gasteiger partial charge in [-0.25, -0.2) is 4.79 Å². The minimum absolute atomic E-state index is 0.120. The summed E-state index contributed by atoms with van der Waals surface area (Å²) >= 11 is 0. The number of carbonyl (C=O) groups is 1. The molecule has 0 saturated heterocycles. The molecule has 0 radical (unpaired) electrons. The average Bonchev–Trinajstić information content (AvgIpc) is 3.06. The third-order valence-electron chi connectivity index (χ3n) is 3.02. The molecule has 0 atom stereocenters. The fourth-order valence-corrected chi connectivity index (χ4v) is 2.05. The molecule has 0 aliphatic rings. The van der Waals surface area contributed by atoms with Crippen molar-refractivity contribution in [2.45, 2.75) is 6.92 Å². The number of carbonyl (C=O) groups excluding carboxylic acids is 1. The number of ether oxygens (including phenoxy) is 2. The van der Waals surface area contributed by atoms with Gasteiger partial charge in [-0.05, 0) is 31.2 Å². The van der Waals surface area contributed by atoms with Gasteiger partial charge in [0.05, 0.1) is 12.8 Å². The molecule has 7 heteroatoms. The summed E-state index contributed by atoms with van der Waals surface area (Å²) in [5.74, 6) is 0.591. The molecule has 116 valence electrons. The summed E-state index contributed by atoms with van der Waals surface area (Å²) in [5, 5.41) is 10.4. The van der Waals surface area contributed by atoms with Gasteiger partial charge in [-0.2, -0.15) is 10.3 Å². The molecule has 2 heterocycles. The smallest absolute Gasteiger partial charge is 0.361 e. The van der Waals surface area contributed by atoms with Crippen LogP contribution in [0.5, 0.6) is 11.5 Å². The van der Waals surface area contributed by atoms with Gasteiger partial charge in [-0.15, -0.1) is 5.10 Å². The molecule has 0 saturated carbocycles. The van der Waals surface area contributed by atoms with Gasteiger partial charge in [0, 0.05) is 11.8 Å². The first-order valence-electron chi connectivity index (χ1n) is 7.04. The number of aromatic nitrogens is 4. The monoisotopic (exact) mass is 310 g/mol. The first-order chi connectivity index (χ1) is 11.3. The van der Waals surface area contributed by atoms with Crippen LogP contribution in [0, 0.1) is 0 Å². The number of H-pyrrole nitrogens is 1. The first-order valence-corrected chi connectivity index (χ1v) is 7.04. The van der Waals surface area contributed by atoms with E-state index in [9.17, 15) is 4.79 Å². The topological polar surface area (TPSA) is 90.0 Å². The van der Waals surface area contributed by atoms with E-state index in [1.807, 2.05) is 12.1 Å². The van der Waals surface area contributed by atoms with Crippen molar-refractivity contribution in [3.05, 3.63) is 54.5 Å². The molecule has 0 amide bonds. The molecule has 0 bridgehead atoms. The number of esters is 1. The Morgan fingerprint density at radius 2 is 2.04 bits per heavy atom. The number of benzene rings is 1. The molecular formula is C16H14N4O3. The number of para-hydroxylation sites is 1. The van der Waals surface area contributed by atoms with Crippen molar-refractivity contribution in [2.24, 2.45) is 0 Å². The van der Waals surface area contributed by atoms with Gasteiger partial charge < -0.3 is 9.47 Å². The Morgan fingerprint density at radius 3 is 2.83 bits per heavy atom. The Morgan fingerprint density at radius 1 is 1.17 bits per heavy atom. The zero-order valence-corrected chi connectivity index (χ0v) is 12.4. The number of rotatable bonds is 5. The highest BCUT2D eigenvalue weighted by Gasteiger charge is 2.21. The van der Waals surface area contributed by atoms with Crippen molar-refractivity contribution < 1.29 is 14.3 Å². The Hall–Kier alpha value is -3.22. The molecule has 0 unspecified atom stereocenters. The summed E-state index contributed by atoms with van der Waals surface area (Å²) in [6, 6.07) is 10.8. The van der Waals surface area contributed by atoms with Gasteiger partial charge in [0.1, 0.15) is 17.2 Å². The van der Waals surface area contributed by atoms with E-state index >= 15 is 0 Å². The number of hydrogen-bond acceptors (Lipinski definition) is 6. The molecule has 7 nitrogen and oxygen atoms in total. The number of aromatic amines is 1. The number of hydrogen-bond donors (Lipinski definition) is 1. The Labute approximate surface area is 132 Å². The first kappa shape index (κ1) is 14.7. The molecular weight excluding hydrogens is 296 g/mol. The van der Waals surface area contributed by atoms with Crippen LogP contribution in [0.3, 0.4) is 0 Å². The molecule has 3 rings (SSSR count). The quantitative estimate of drug-likeness (QED) is 0.729. The van der Waals surface area contributed by atoms with E-state index in [1.54, 1.807) is 43.6 Å². The SMILES string of the molecule is CCOC(=O)c1n[nH]nc1-c1ccccc1Oc1cccnc1. The van der Waals surface area contributed by atoms with Crippen molar-refractivity contribution in [3.8, 4) is 22.8 Å². The van der Waals surface area contributed by atoms with Crippen molar-refractivity contribution in [1.29, 1.82) is 0 Å². The second-order valence-electron chi connectivity index (χ2n) is 4.53. The van der Waals surface area contributed by atoms with Gasteiger partial charge in [-0.1, -0.05) is 12.1 Å². The summed E-state index contributed by atoms with van der Waals surface area (Å²) in [6.45, 7) is 2.00. The molecule has 1 aromatic carbocycles. The van der Waals surface area contributed by atoms with Gasteiger partial charge in [0.2, 0.25) is 0 Å². The molecule has 1 N–H and O–H groups in total. The van der Waals surface area contributed by atoms with Crippen LogP contribution < -0.4 is 4.74 Å². The Balaban J connectivity index is 1.98. The number of nitrogens with one attached hydrogen (secondary N) is 1. The maximum absolute atomic E-state index is 12.0. The van der Waals surface area contributed by atoms with E-state index in [0.717, 1.165) is 0 Å². The number of pyridine rings is 1. The van der Waals surface area contributed by atoms with Crippen LogP contribution in [0.4, 0.5) is 0 Å². The maximum atomic E-state index is 12.0. The fourth-order valence-electron chi connectivity index (χ4n) is 2.05. The van der Waals surface area contributed by atoms with Crippen LogP contribution in [-0.4, -0.2) is 33.0 Å². The molecule has 0 spiro atoms. The third-order valence-corrected chi connectivity index (χ3v) is 3.02. The highest BCUT2D eigenvalue weighted by atomic mass is 16.5. The summed E-state index contributed by atoms with van der Waals surface area (Å²) in [5.41, 5.74) is 1.13. The largest absolute Gasteiger partial charge is 0.461 e. The minimum Gasteiger partial charge on any atom is -0.461 e. The summed E-state index contributed by atoms with van der Waals surface area (Å²) in [7, 11) is 0. The standard InChI is InChI=1S/C16H14N4O3/c1-2-22-16(21)15-14(18-20-19-15)12-7-3-4-8-13(12)23-11-6-5-9-17-10-11/h3-10H,2H2,1H3,(H,18,19,20). The Kier molecular flexibility index (Phi) is 4.28. The summed E-state index contributed by atoms with van der Waals surface area (Å²) in [4.78, 5) is 16.0. The average molecular weight is 310 g/mol. The van der Waals surface area contributed by atoms with E-state index in [2.05, 4.69) is 20.4 Å². The molecule has 2 aromatic heterocycles. The third kappa shape index (κ3) is 3.18. The van der Waals surface area contributed by atoms with Gasteiger partial charge in [-0.3, -0.25) is 4.98 Å². The predicted molar refractivity (Wildman–Crippen MR) is 82.1 cm³/mol. The van der Waals surface area contributed by atoms with Crippen molar-refractivity contribution in [2.75, 3.05) is 6.61 Å². The lowest BCUT2D eigenvalue weighted by molar-refractivity contribution is 0.0520. The lowest BCUT2D eigenvalue weighted by Gasteiger charge is -2.09. The minimum atomic E-state index is -0.535. The number of nitrogens with zero attached hydrogens (tertiary/aromatic N) is 3. The maximum Gasteiger partial charge on any atom is 0.361 e. The molecule has 3 aromatic rings. The van der Waals surface area contributed by atoms with Gasteiger partial charge in [0.15, 0.2) is 5.69 Å². The molecule has 23 heavy (non-hydrogen) atoms. The van der Waals surface area contributed by atoms with Gasteiger partial charge >= 0.3 is 5.97 Å². The van der Waals surface area contributed by atoms with Gasteiger partial charge in [0.25, 0.3) is 0 Å². The van der Waals surface area contributed by atoms with Crippen molar-refractivity contribution >= 4 is 5.97 Å². The van der Waals surface area contributed by atoms with E-state index in [4.69, 9.17) is 9.47 Å². The highest BCUT2D eigenvalue weighted by molar-refractivity contribution is 5.94. The fraction of sp³-hybridized carbons (Fsp3) is 0.125. The van der Waals surface area contributed by atoms with E-state index in [-0.39, 0.29) is 12.3 Å². The lowest BCUT2D eigenvalue weighted by atomic mass is 10.1. The molecule has 0 aliphatic carbocycles. The van der Waals surface area contributed by atoms with Crippen LogP contribution in [0.25, 0.3) is 11.3 Å². The van der Waals surface area contributed by atoms with E-state index in [0.29, 0.717) is 22.8 Å². The summed E-state index contributed by atoms with van der Waals surface area (Å²) in [6.07, 6.45) is 3.26. The van der Waals surface area contributed by atoms with Crippen LogP contribution in [0.1, 0.15) is 17.4 Å². The molecule has 0 fully saturated rings. The Bertz CT molecular complexity index is 802. The molecule has 0 aliphatic heterocycles. The normalized spacial score (nSPS) is 10.3. The highest BCUT2D eigenvalue weighted by Crippen LogP contribution is 2.33. The second kappa shape index (κ2) is 6.69. The predicted octanol–water partition coefficient (Wildman–Crippen LogP) is 2.84. The van der Waals surface area contributed by atoms with Crippen LogP contribution in [0.2, 0.25) is 0 Å². The van der Waals surface area contributed by atoms with Crippen molar-refractivity contribution in [1.82, 2.24) is 20.4 Å². The van der Waals surface area contributed by atoms with Crippen LogP contribution >= 0.6 is 0 Å². The van der Waals surface area contributed by atoms with Crippen LogP contribution in [0.15, 0.2) is 48.8 Å². The zero-order chi connectivity index (χ0) is 16.1. The van der Waals surface area contributed by atoms with E-state index in [1.165, 1.54) is 0 Å². The van der Waals surface area contributed by atoms with Crippen LogP contribution in [-0.2, 0) is 4.74 Å².